The van der Waals surface area contributed by atoms with E-state index in [9.17, 15) is 4.79 Å². The zero-order valence-corrected chi connectivity index (χ0v) is 7.60. The molecule has 0 unspecified atom stereocenters. The summed E-state index contributed by atoms with van der Waals surface area (Å²) >= 11 is 0. The number of esters is 1. The molecule has 3 N–H and O–H groups in total. The predicted octanol–water partition coefficient (Wildman–Crippen LogP) is 0.863. The van der Waals surface area contributed by atoms with E-state index in [0.29, 0.717) is 11.3 Å². The van der Waals surface area contributed by atoms with Gasteiger partial charge in [-0.15, -0.1) is 0 Å². The van der Waals surface area contributed by atoms with Crippen LogP contribution in [0, 0.1) is 0 Å². The van der Waals surface area contributed by atoms with Crippen LogP contribution in [0.15, 0.2) is 23.4 Å². The minimum atomic E-state index is -0.521. The van der Waals surface area contributed by atoms with Crippen LogP contribution in [0.4, 0.5) is 5.69 Å². The maximum Gasteiger partial charge on any atom is 0.338 e. The normalized spacial score (nSPS) is 10.4. The van der Waals surface area contributed by atoms with Crippen molar-refractivity contribution < 1.29 is 14.7 Å². The average Bonchev–Trinajstić information content (AvgIpc) is 2.20. The number of ether oxygens (including phenoxy) is 1. The number of nitrogens with two attached hydrogens (primary N) is 1. The fourth-order valence-electron chi connectivity index (χ4n) is 1.07. The zero-order chi connectivity index (χ0) is 10.6. The van der Waals surface area contributed by atoms with E-state index in [1.54, 1.807) is 18.2 Å². The lowest BCUT2D eigenvalue weighted by Gasteiger charge is -2.05. The fraction of sp³-hybridized carbons (Fsp3) is 0.111. The number of hydrogen-bond donors (Lipinski definition) is 2. The maximum atomic E-state index is 11.2. The van der Waals surface area contributed by atoms with E-state index >= 15 is 0 Å². The summed E-state index contributed by atoms with van der Waals surface area (Å²) in [5.41, 5.74) is 6.56. The van der Waals surface area contributed by atoms with Crippen LogP contribution < -0.4 is 5.73 Å². The Kier molecular flexibility index (Phi) is 3.06. The number of anilines is 1. The van der Waals surface area contributed by atoms with E-state index in [1.165, 1.54) is 7.11 Å². The molecular weight excluding hydrogens is 184 g/mol. The summed E-state index contributed by atoms with van der Waals surface area (Å²) in [5.74, 6) is -0.521. The topological polar surface area (TPSA) is 84.9 Å². The lowest BCUT2D eigenvalue weighted by molar-refractivity contribution is 0.0600. The van der Waals surface area contributed by atoms with Gasteiger partial charge in [-0.2, -0.15) is 0 Å². The second-order valence-electron chi connectivity index (χ2n) is 2.54. The largest absolute Gasteiger partial charge is 0.465 e. The van der Waals surface area contributed by atoms with Gasteiger partial charge >= 0.3 is 5.97 Å². The number of nitrogen functional groups attached to an aromatic ring is 1. The molecule has 5 nitrogen and oxygen atoms in total. The van der Waals surface area contributed by atoms with E-state index in [1.807, 2.05) is 0 Å². The highest BCUT2D eigenvalue weighted by molar-refractivity contribution is 6.02. The monoisotopic (exact) mass is 194 g/mol. The molecule has 0 atom stereocenters. The van der Waals surface area contributed by atoms with Gasteiger partial charge in [-0.3, -0.25) is 0 Å². The maximum absolute atomic E-state index is 11.2. The van der Waals surface area contributed by atoms with Crippen molar-refractivity contribution in [2.24, 2.45) is 5.16 Å². The number of carbonyl (C=O) groups is 1. The summed E-state index contributed by atoms with van der Waals surface area (Å²) in [6, 6.07) is 4.76. The molecule has 0 aliphatic rings. The first-order valence-corrected chi connectivity index (χ1v) is 3.85. The number of oxime groups is 1. The van der Waals surface area contributed by atoms with Gasteiger partial charge in [0, 0.05) is 11.3 Å². The summed E-state index contributed by atoms with van der Waals surface area (Å²) < 4.78 is 4.54. The lowest BCUT2D eigenvalue weighted by Crippen LogP contribution is -2.07. The first-order chi connectivity index (χ1) is 6.70. The van der Waals surface area contributed by atoms with Crippen LogP contribution in [0.5, 0.6) is 0 Å². The van der Waals surface area contributed by atoms with Gasteiger partial charge in [-0.05, 0) is 12.1 Å². The molecular formula is C9H10N2O3. The van der Waals surface area contributed by atoms with Crippen LogP contribution in [0.2, 0.25) is 0 Å². The van der Waals surface area contributed by atoms with Crippen LogP contribution in [-0.4, -0.2) is 24.5 Å². The minimum absolute atomic E-state index is 0.269. The predicted molar refractivity (Wildman–Crippen MR) is 51.6 cm³/mol. The van der Waals surface area contributed by atoms with Gasteiger partial charge in [-0.1, -0.05) is 11.2 Å². The van der Waals surface area contributed by atoms with Crippen LogP contribution in [0.1, 0.15) is 15.9 Å². The molecule has 74 valence electrons. The first kappa shape index (κ1) is 10.0. The lowest BCUT2D eigenvalue weighted by atomic mass is 10.1. The number of benzene rings is 1. The number of rotatable bonds is 2. The molecule has 0 spiro atoms. The fourth-order valence-corrected chi connectivity index (χ4v) is 1.07. The van der Waals surface area contributed by atoms with E-state index in [-0.39, 0.29) is 5.56 Å². The molecule has 1 aromatic rings. The van der Waals surface area contributed by atoms with Crippen molar-refractivity contribution in [1.29, 1.82) is 0 Å². The van der Waals surface area contributed by atoms with Crippen molar-refractivity contribution in [2.45, 2.75) is 0 Å². The summed E-state index contributed by atoms with van der Waals surface area (Å²) in [6.45, 7) is 0. The smallest absolute Gasteiger partial charge is 0.338 e. The molecule has 0 aromatic heterocycles. The molecule has 1 aromatic carbocycles. The summed E-state index contributed by atoms with van der Waals surface area (Å²) in [6.07, 6.45) is 1.10. The van der Waals surface area contributed by atoms with Crippen LogP contribution in [0.25, 0.3) is 0 Å². The van der Waals surface area contributed by atoms with E-state index < -0.39 is 5.97 Å². The molecule has 0 aliphatic heterocycles. The molecule has 5 heteroatoms. The minimum Gasteiger partial charge on any atom is -0.465 e. The highest BCUT2D eigenvalue weighted by Crippen LogP contribution is 2.15. The van der Waals surface area contributed by atoms with Gasteiger partial charge in [0.25, 0.3) is 0 Å². The Morgan fingerprint density at radius 2 is 2.36 bits per heavy atom. The van der Waals surface area contributed by atoms with Gasteiger partial charge in [-0.25, -0.2) is 4.79 Å². The van der Waals surface area contributed by atoms with Gasteiger partial charge in [0.05, 0.1) is 18.9 Å². The Labute approximate surface area is 80.8 Å². The van der Waals surface area contributed by atoms with E-state index in [0.717, 1.165) is 6.21 Å². The van der Waals surface area contributed by atoms with Crippen LogP contribution >= 0.6 is 0 Å². The van der Waals surface area contributed by atoms with Gasteiger partial charge < -0.3 is 15.7 Å². The van der Waals surface area contributed by atoms with Crippen molar-refractivity contribution >= 4 is 17.9 Å². The van der Waals surface area contributed by atoms with Crippen LogP contribution in [-0.2, 0) is 4.74 Å². The van der Waals surface area contributed by atoms with Crippen LogP contribution in [0.3, 0.4) is 0 Å². The third-order valence-electron chi connectivity index (χ3n) is 1.73. The third-order valence-corrected chi connectivity index (χ3v) is 1.73. The van der Waals surface area contributed by atoms with Crippen molar-refractivity contribution in [3.8, 4) is 0 Å². The Bertz CT molecular complexity index is 374. The standard InChI is InChI=1S/C9H10N2O3/c1-14-9(12)6-3-2-4-8(10)7(6)5-11-13/h2-5,13H,10H2,1H3. The molecule has 0 fully saturated rings. The quantitative estimate of drug-likeness (QED) is 0.240. The Morgan fingerprint density at radius 3 is 2.93 bits per heavy atom. The van der Waals surface area contributed by atoms with Crippen molar-refractivity contribution in [3.63, 3.8) is 0 Å². The molecule has 0 heterocycles. The molecule has 0 aliphatic carbocycles. The second-order valence-corrected chi connectivity index (χ2v) is 2.54. The zero-order valence-electron chi connectivity index (χ0n) is 7.60. The Balaban J connectivity index is 3.27. The molecule has 0 amide bonds. The number of nitrogens with zero attached hydrogens (tertiary/aromatic N) is 1. The second kappa shape index (κ2) is 4.27. The Hall–Kier alpha value is -2.04. The highest BCUT2D eigenvalue weighted by atomic mass is 16.5. The molecule has 14 heavy (non-hydrogen) atoms. The van der Waals surface area contributed by atoms with Crippen molar-refractivity contribution in [1.82, 2.24) is 0 Å². The summed E-state index contributed by atoms with van der Waals surface area (Å²) in [7, 11) is 1.27. The SMILES string of the molecule is COC(=O)c1cccc(N)c1C=NO. The van der Waals surface area contributed by atoms with Gasteiger partial charge in [0.15, 0.2) is 0 Å². The number of carbonyl (C=O) groups excluding carboxylic acids is 1. The molecule has 0 saturated heterocycles. The molecule has 0 radical (unpaired) electrons. The number of methoxy groups -OCH3 is 1. The summed E-state index contributed by atoms with van der Waals surface area (Å²) in [5, 5.41) is 11.2. The highest BCUT2D eigenvalue weighted by Gasteiger charge is 2.12. The summed E-state index contributed by atoms with van der Waals surface area (Å²) in [4.78, 5) is 11.2. The van der Waals surface area contributed by atoms with Gasteiger partial charge in [0.2, 0.25) is 0 Å². The van der Waals surface area contributed by atoms with Gasteiger partial charge in [0.1, 0.15) is 0 Å². The first-order valence-electron chi connectivity index (χ1n) is 3.85. The van der Waals surface area contributed by atoms with Crippen molar-refractivity contribution in [2.75, 3.05) is 12.8 Å². The Morgan fingerprint density at radius 1 is 1.64 bits per heavy atom. The average molecular weight is 194 g/mol. The molecule has 0 saturated carbocycles. The molecule has 0 bridgehead atoms. The third kappa shape index (κ3) is 1.82. The van der Waals surface area contributed by atoms with E-state index in [2.05, 4.69) is 9.89 Å². The molecule has 1 rings (SSSR count). The number of hydrogen-bond acceptors (Lipinski definition) is 5. The van der Waals surface area contributed by atoms with E-state index in [4.69, 9.17) is 10.9 Å². The van der Waals surface area contributed by atoms with Crippen molar-refractivity contribution in [3.05, 3.63) is 29.3 Å².